The van der Waals surface area contributed by atoms with Crippen molar-refractivity contribution in [2.24, 2.45) is 0 Å². The molecule has 2 unspecified atom stereocenters. The Labute approximate surface area is 86.8 Å². The maximum Gasteiger partial charge on any atom is 0.331 e. The number of nitrogens with zero attached hydrogens (tertiary/aromatic N) is 3. The van der Waals surface area contributed by atoms with Crippen molar-refractivity contribution in [3.63, 3.8) is 0 Å². The molecule has 2 aliphatic heterocycles. The summed E-state index contributed by atoms with van der Waals surface area (Å²) in [5.41, 5.74) is 0. The highest BCUT2D eigenvalue weighted by atomic mass is 16.6. The molecule has 4 amide bonds. The lowest BCUT2D eigenvalue weighted by molar-refractivity contribution is -0.0822. The van der Waals surface area contributed by atoms with Crippen LogP contribution in [0.2, 0.25) is 0 Å². The van der Waals surface area contributed by atoms with Crippen molar-refractivity contribution in [1.82, 2.24) is 14.7 Å². The van der Waals surface area contributed by atoms with Crippen LogP contribution in [-0.2, 0) is 4.74 Å². The number of urea groups is 2. The number of carbonyl (C=O) groups is 2. The van der Waals surface area contributed by atoms with E-state index in [0.717, 1.165) is 9.80 Å². The van der Waals surface area contributed by atoms with Gasteiger partial charge in [0.1, 0.15) is 0 Å². The van der Waals surface area contributed by atoms with Gasteiger partial charge in [-0.3, -0.25) is 9.80 Å². The molecule has 2 rings (SSSR count). The molecule has 84 valence electrons. The van der Waals surface area contributed by atoms with E-state index in [-0.39, 0.29) is 6.10 Å². The van der Waals surface area contributed by atoms with Gasteiger partial charge in [-0.1, -0.05) is 0 Å². The molecule has 2 heterocycles. The largest absolute Gasteiger partial charge is 0.371 e. The molecule has 0 saturated carbocycles. The van der Waals surface area contributed by atoms with Crippen LogP contribution in [0.1, 0.15) is 0 Å². The zero-order valence-corrected chi connectivity index (χ0v) is 8.58. The van der Waals surface area contributed by atoms with Crippen LogP contribution in [0.15, 0.2) is 0 Å². The van der Waals surface area contributed by atoms with Gasteiger partial charge in [0.2, 0.25) is 6.35 Å². The Morgan fingerprint density at radius 3 is 2.53 bits per heavy atom. The quantitative estimate of drug-likeness (QED) is 0.604. The second kappa shape index (κ2) is 3.35. The zero-order valence-electron chi connectivity index (χ0n) is 8.58. The van der Waals surface area contributed by atoms with Gasteiger partial charge >= 0.3 is 12.1 Å². The molecule has 0 radical (unpaired) electrons. The number of rotatable bonds is 2. The van der Waals surface area contributed by atoms with Gasteiger partial charge in [-0.2, -0.15) is 0 Å². The van der Waals surface area contributed by atoms with E-state index >= 15 is 0 Å². The Hall–Kier alpha value is -1.34. The van der Waals surface area contributed by atoms with Crippen LogP contribution in [0.5, 0.6) is 0 Å². The third kappa shape index (κ3) is 1.64. The normalized spacial score (nSPS) is 31.3. The Morgan fingerprint density at radius 1 is 1.40 bits per heavy atom. The molecule has 15 heavy (non-hydrogen) atoms. The van der Waals surface area contributed by atoms with E-state index < -0.39 is 18.4 Å². The molecular weight excluding hydrogens is 202 g/mol. The smallest absolute Gasteiger partial charge is 0.331 e. The van der Waals surface area contributed by atoms with E-state index in [1.807, 2.05) is 0 Å². The monoisotopic (exact) mass is 215 g/mol. The van der Waals surface area contributed by atoms with E-state index in [9.17, 15) is 14.7 Å². The van der Waals surface area contributed by atoms with E-state index in [2.05, 4.69) is 0 Å². The summed E-state index contributed by atoms with van der Waals surface area (Å²) in [5.74, 6) is 0. The van der Waals surface area contributed by atoms with Crippen LogP contribution < -0.4 is 0 Å². The Morgan fingerprint density at radius 2 is 2.00 bits per heavy atom. The summed E-state index contributed by atoms with van der Waals surface area (Å²) in [4.78, 5) is 26.3. The van der Waals surface area contributed by atoms with Gasteiger partial charge in [0.05, 0.1) is 19.3 Å². The first-order valence-corrected chi connectivity index (χ1v) is 4.63. The van der Waals surface area contributed by atoms with Crippen LogP contribution in [0, 0.1) is 0 Å². The Kier molecular flexibility index (Phi) is 2.28. The topological polar surface area (TPSA) is 76.6 Å². The molecule has 0 aromatic heterocycles. The molecule has 2 atom stereocenters. The van der Waals surface area contributed by atoms with Crippen LogP contribution in [0.3, 0.4) is 0 Å². The highest BCUT2D eigenvalue weighted by Crippen LogP contribution is 2.19. The number of imide groups is 1. The van der Waals surface area contributed by atoms with E-state index in [1.54, 1.807) is 0 Å². The minimum Gasteiger partial charge on any atom is -0.371 e. The van der Waals surface area contributed by atoms with Crippen molar-refractivity contribution in [1.29, 1.82) is 0 Å². The lowest BCUT2D eigenvalue weighted by Crippen LogP contribution is -2.64. The second-order valence-electron chi connectivity index (χ2n) is 3.69. The molecule has 7 heteroatoms. The molecule has 2 fully saturated rings. The molecule has 0 aromatic rings. The lowest BCUT2D eigenvalue weighted by atomic mass is 10.4. The molecule has 0 aromatic carbocycles. The van der Waals surface area contributed by atoms with Gasteiger partial charge in [-0.25, -0.2) is 14.5 Å². The van der Waals surface area contributed by atoms with Gasteiger partial charge in [0.15, 0.2) is 0 Å². The van der Waals surface area contributed by atoms with Crippen molar-refractivity contribution in [3.05, 3.63) is 0 Å². The average Bonchev–Trinajstić information content (AvgIpc) is 3.02. The predicted molar refractivity (Wildman–Crippen MR) is 48.8 cm³/mol. The van der Waals surface area contributed by atoms with Gasteiger partial charge in [-0.15, -0.1) is 0 Å². The Balaban J connectivity index is 2.13. The third-order valence-electron chi connectivity index (χ3n) is 2.55. The van der Waals surface area contributed by atoms with Crippen LogP contribution >= 0.6 is 0 Å². The summed E-state index contributed by atoms with van der Waals surface area (Å²) in [6.45, 7) is 0.903. The molecule has 2 saturated heterocycles. The number of amides is 4. The van der Waals surface area contributed by atoms with E-state index in [0.29, 0.717) is 13.2 Å². The van der Waals surface area contributed by atoms with Crippen molar-refractivity contribution in [2.75, 3.05) is 27.2 Å². The van der Waals surface area contributed by atoms with Gasteiger partial charge in [0.25, 0.3) is 0 Å². The number of ether oxygens (including phenoxy) is 1. The fraction of sp³-hybridized carbons (Fsp3) is 0.750. The molecule has 7 nitrogen and oxygen atoms in total. The first-order valence-electron chi connectivity index (χ1n) is 4.63. The average molecular weight is 215 g/mol. The molecule has 1 N–H and O–H groups in total. The standard InChI is InChI=1S/C8H13N3O4/c1-9-6(12)10(2)8(14)11(7(9)13)3-5-4-15-5/h5,7,13H,3-4H2,1-2H3. The number of aliphatic hydroxyl groups is 1. The lowest BCUT2D eigenvalue weighted by Gasteiger charge is -2.41. The maximum absolute atomic E-state index is 11.6. The minimum atomic E-state index is -1.20. The van der Waals surface area contributed by atoms with Crippen molar-refractivity contribution in [2.45, 2.75) is 12.5 Å². The maximum atomic E-state index is 11.6. The fourth-order valence-corrected chi connectivity index (χ4v) is 1.48. The molecule has 0 spiro atoms. The number of epoxide rings is 1. The highest BCUT2D eigenvalue weighted by Gasteiger charge is 2.42. The minimum absolute atomic E-state index is 0.0152. The summed E-state index contributed by atoms with van der Waals surface area (Å²) in [6.07, 6.45) is -1.22. The van der Waals surface area contributed by atoms with Gasteiger partial charge < -0.3 is 9.84 Å². The molecule has 0 bridgehead atoms. The van der Waals surface area contributed by atoms with E-state index in [4.69, 9.17) is 4.74 Å². The first kappa shape index (κ1) is 10.2. The van der Waals surface area contributed by atoms with Gasteiger partial charge in [0, 0.05) is 14.1 Å². The molecule has 2 aliphatic rings. The summed E-state index contributed by atoms with van der Waals surface area (Å²) < 4.78 is 4.98. The number of carbonyl (C=O) groups excluding carboxylic acids is 2. The summed E-state index contributed by atoms with van der Waals surface area (Å²) >= 11 is 0. The molecule has 0 aliphatic carbocycles. The number of hydrogen-bond acceptors (Lipinski definition) is 4. The van der Waals surface area contributed by atoms with Gasteiger partial charge in [-0.05, 0) is 0 Å². The molecular formula is C8H13N3O4. The van der Waals surface area contributed by atoms with Crippen LogP contribution in [0.25, 0.3) is 0 Å². The SMILES string of the molecule is CN1C(=O)N(C)C(O)N(CC2CO2)C1=O. The van der Waals surface area contributed by atoms with Crippen LogP contribution in [0.4, 0.5) is 9.59 Å². The third-order valence-corrected chi connectivity index (χ3v) is 2.55. The first-order chi connectivity index (χ1) is 7.02. The number of hydrogen-bond donors (Lipinski definition) is 1. The van der Waals surface area contributed by atoms with Crippen molar-refractivity contribution >= 4 is 12.1 Å². The summed E-state index contributed by atoms with van der Waals surface area (Å²) in [6, 6.07) is -1.01. The zero-order chi connectivity index (χ0) is 11.2. The van der Waals surface area contributed by atoms with Crippen LogP contribution in [-0.4, -0.2) is 71.6 Å². The van der Waals surface area contributed by atoms with Crippen molar-refractivity contribution in [3.8, 4) is 0 Å². The van der Waals surface area contributed by atoms with Crippen molar-refractivity contribution < 1.29 is 19.4 Å². The Bertz CT molecular complexity index is 304. The van der Waals surface area contributed by atoms with E-state index in [1.165, 1.54) is 19.0 Å². The highest BCUT2D eigenvalue weighted by molar-refractivity contribution is 5.95. The summed E-state index contributed by atoms with van der Waals surface area (Å²) in [7, 11) is 2.82. The fourth-order valence-electron chi connectivity index (χ4n) is 1.48. The second-order valence-corrected chi connectivity index (χ2v) is 3.69. The number of aliphatic hydroxyl groups excluding tert-OH is 1. The summed E-state index contributed by atoms with van der Waals surface area (Å²) in [5, 5.41) is 9.70. The predicted octanol–water partition coefficient (Wildman–Crippen LogP) is -0.920.